The van der Waals surface area contributed by atoms with Crippen LogP contribution in [-0.2, 0) is 9.59 Å². The molecule has 2 unspecified atom stereocenters. The lowest BCUT2D eigenvalue weighted by atomic mass is 9.83. The number of unbranched alkanes of at least 4 members (excludes halogenated alkanes) is 1. The Balaban J connectivity index is 2.40. The van der Waals surface area contributed by atoms with Gasteiger partial charge in [0.2, 0.25) is 11.8 Å². The number of rotatable bonds is 8. The molecule has 1 aliphatic heterocycles. The Bertz CT molecular complexity index is 588. The van der Waals surface area contributed by atoms with Crippen LogP contribution in [0.4, 0.5) is 0 Å². The summed E-state index contributed by atoms with van der Waals surface area (Å²) >= 11 is 0. The van der Waals surface area contributed by atoms with E-state index >= 15 is 0 Å². The first-order chi connectivity index (χ1) is 12.1. The van der Waals surface area contributed by atoms with Crippen molar-refractivity contribution >= 4 is 11.8 Å². The molecule has 5 heteroatoms. The first kappa shape index (κ1) is 19.3. The maximum atomic E-state index is 12.8. The molecule has 5 nitrogen and oxygen atoms in total. The van der Waals surface area contributed by atoms with Crippen LogP contribution in [0.15, 0.2) is 24.3 Å². The van der Waals surface area contributed by atoms with E-state index < -0.39 is 0 Å². The highest BCUT2D eigenvalue weighted by molar-refractivity contribution is 5.85. The van der Waals surface area contributed by atoms with Crippen LogP contribution in [-0.4, -0.2) is 36.9 Å². The predicted molar refractivity (Wildman–Crippen MR) is 98.4 cm³/mol. The van der Waals surface area contributed by atoms with Crippen LogP contribution < -0.4 is 10.1 Å². The van der Waals surface area contributed by atoms with Gasteiger partial charge in [-0.3, -0.25) is 9.59 Å². The fraction of sp³-hybridized carbons (Fsp3) is 0.600. The van der Waals surface area contributed by atoms with Gasteiger partial charge in [0.1, 0.15) is 5.75 Å². The summed E-state index contributed by atoms with van der Waals surface area (Å²) in [6.07, 6.45) is 3.85. The van der Waals surface area contributed by atoms with Gasteiger partial charge in [-0.25, -0.2) is 0 Å². The molecule has 1 N–H and O–H groups in total. The maximum Gasteiger partial charge on any atom is 0.225 e. The zero-order valence-electron chi connectivity index (χ0n) is 15.6. The van der Waals surface area contributed by atoms with Crippen LogP contribution in [0.3, 0.4) is 0 Å². The minimum atomic E-state index is -0.263. The Hall–Kier alpha value is -2.04. The molecule has 1 aromatic carbocycles. The minimum Gasteiger partial charge on any atom is -0.496 e. The normalized spacial score (nSPS) is 20.4. The molecule has 1 aliphatic rings. The first-order valence-corrected chi connectivity index (χ1v) is 9.34. The summed E-state index contributed by atoms with van der Waals surface area (Å²) in [6, 6.07) is 7.46. The zero-order chi connectivity index (χ0) is 18.2. The first-order valence-electron chi connectivity index (χ1n) is 9.34. The summed E-state index contributed by atoms with van der Waals surface area (Å²) in [5.74, 6) is 0.657. The summed E-state index contributed by atoms with van der Waals surface area (Å²) in [6.45, 7) is 5.49. The minimum absolute atomic E-state index is 0.0340. The second kappa shape index (κ2) is 9.44. The number of nitrogens with one attached hydrogen (secondary N) is 1. The number of amides is 2. The van der Waals surface area contributed by atoms with Crippen molar-refractivity contribution in [3.63, 3.8) is 0 Å². The maximum absolute atomic E-state index is 12.8. The second-order valence-electron chi connectivity index (χ2n) is 6.56. The highest BCUT2D eigenvalue weighted by Crippen LogP contribution is 2.40. The summed E-state index contributed by atoms with van der Waals surface area (Å²) in [7, 11) is 1.63. The van der Waals surface area contributed by atoms with E-state index in [4.69, 9.17) is 4.74 Å². The molecule has 0 aliphatic carbocycles. The molecule has 1 fully saturated rings. The molecule has 2 rings (SSSR count). The average molecular weight is 346 g/mol. The molecule has 0 saturated carbocycles. The fourth-order valence-corrected chi connectivity index (χ4v) is 3.49. The SMILES string of the molecule is CCCCN1C(=O)CCC(C(=O)NCCC)C1c1ccccc1OC. The predicted octanol–water partition coefficient (Wildman–Crippen LogP) is 3.30. The highest BCUT2D eigenvalue weighted by atomic mass is 16.5. The number of likely N-dealkylation sites (tertiary alicyclic amines) is 1. The van der Waals surface area contributed by atoms with Crippen molar-refractivity contribution in [3.05, 3.63) is 29.8 Å². The monoisotopic (exact) mass is 346 g/mol. The molecule has 138 valence electrons. The number of carbonyl (C=O) groups excluding carboxylic acids is 2. The Morgan fingerprint density at radius 1 is 1.28 bits per heavy atom. The number of benzene rings is 1. The van der Waals surface area contributed by atoms with Gasteiger partial charge in [-0.15, -0.1) is 0 Å². The number of hydrogen-bond donors (Lipinski definition) is 1. The Morgan fingerprint density at radius 2 is 2.04 bits per heavy atom. The van der Waals surface area contributed by atoms with E-state index in [1.54, 1.807) is 7.11 Å². The van der Waals surface area contributed by atoms with Gasteiger partial charge in [0.05, 0.1) is 19.1 Å². The van der Waals surface area contributed by atoms with Crippen molar-refractivity contribution in [2.24, 2.45) is 5.92 Å². The molecule has 1 heterocycles. The third kappa shape index (κ3) is 4.53. The summed E-state index contributed by atoms with van der Waals surface area (Å²) in [5, 5.41) is 3.01. The average Bonchev–Trinajstić information content (AvgIpc) is 2.64. The lowest BCUT2D eigenvalue weighted by Gasteiger charge is -2.41. The van der Waals surface area contributed by atoms with Crippen molar-refractivity contribution in [3.8, 4) is 5.75 Å². The van der Waals surface area contributed by atoms with E-state index in [2.05, 4.69) is 12.2 Å². The van der Waals surface area contributed by atoms with Crippen LogP contribution >= 0.6 is 0 Å². The lowest BCUT2D eigenvalue weighted by Crippen LogP contribution is -2.48. The largest absolute Gasteiger partial charge is 0.496 e. The topological polar surface area (TPSA) is 58.6 Å². The van der Waals surface area contributed by atoms with Crippen molar-refractivity contribution < 1.29 is 14.3 Å². The quantitative estimate of drug-likeness (QED) is 0.786. The van der Waals surface area contributed by atoms with Crippen LogP contribution in [0.5, 0.6) is 5.75 Å². The van der Waals surface area contributed by atoms with Gasteiger partial charge in [0.25, 0.3) is 0 Å². The van der Waals surface area contributed by atoms with Gasteiger partial charge in [-0.1, -0.05) is 38.5 Å². The van der Waals surface area contributed by atoms with E-state index in [9.17, 15) is 9.59 Å². The molecular weight excluding hydrogens is 316 g/mol. The molecule has 25 heavy (non-hydrogen) atoms. The van der Waals surface area contributed by atoms with E-state index in [-0.39, 0.29) is 23.8 Å². The molecule has 0 aromatic heterocycles. The molecule has 2 atom stereocenters. The standard InChI is InChI=1S/C20H30N2O3/c1-4-6-14-22-18(23)12-11-16(20(24)21-13-5-2)19(22)15-9-7-8-10-17(15)25-3/h7-10,16,19H,4-6,11-14H2,1-3H3,(H,21,24). The van der Waals surface area contributed by atoms with Crippen molar-refractivity contribution in [2.45, 2.75) is 52.0 Å². The highest BCUT2D eigenvalue weighted by Gasteiger charge is 2.41. The molecule has 2 amide bonds. The van der Waals surface area contributed by atoms with E-state index in [1.165, 1.54) is 0 Å². The molecular formula is C20H30N2O3. The number of methoxy groups -OCH3 is 1. The van der Waals surface area contributed by atoms with Crippen molar-refractivity contribution in [2.75, 3.05) is 20.2 Å². The molecule has 0 bridgehead atoms. The smallest absolute Gasteiger partial charge is 0.225 e. The van der Waals surface area contributed by atoms with Crippen molar-refractivity contribution in [1.29, 1.82) is 0 Å². The van der Waals surface area contributed by atoms with E-state index in [1.807, 2.05) is 36.1 Å². The zero-order valence-corrected chi connectivity index (χ0v) is 15.6. The van der Waals surface area contributed by atoms with Crippen LogP contribution in [0, 0.1) is 5.92 Å². The second-order valence-corrected chi connectivity index (χ2v) is 6.56. The Labute approximate surface area is 150 Å². The van der Waals surface area contributed by atoms with Gasteiger partial charge in [-0.2, -0.15) is 0 Å². The number of piperidine rings is 1. The van der Waals surface area contributed by atoms with Gasteiger partial charge in [0, 0.05) is 25.1 Å². The van der Waals surface area contributed by atoms with Crippen molar-refractivity contribution in [1.82, 2.24) is 10.2 Å². The van der Waals surface area contributed by atoms with Gasteiger partial charge < -0.3 is 15.0 Å². The number of ether oxygens (including phenoxy) is 1. The fourth-order valence-electron chi connectivity index (χ4n) is 3.49. The lowest BCUT2D eigenvalue weighted by molar-refractivity contribution is -0.143. The number of nitrogens with zero attached hydrogens (tertiary/aromatic N) is 1. The molecule has 1 saturated heterocycles. The Kier molecular flexibility index (Phi) is 7.29. The summed E-state index contributed by atoms with van der Waals surface area (Å²) < 4.78 is 5.53. The van der Waals surface area contributed by atoms with E-state index in [0.717, 1.165) is 30.6 Å². The van der Waals surface area contributed by atoms with Crippen LogP contribution in [0.1, 0.15) is 57.6 Å². The molecule has 0 spiro atoms. The third-order valence-corrected chi connectivity index (χ3v) is 4.80. The number of carbonyl (C=O) groups is 2. The number of para-hydroxylation sites is 1. The third-order valence-electron chi connectivity index (χ3n) is 4.80. The Morgan fingerprint density at radius 3 is 2.72 bits per heavy atom. The molecule has 0 radical (unpaired) electrons. The number of hydrogen-bond acceptors (Lipinski definition) is 3. The molecule has 1 aromatic rings. The van der Waals surface area contributed by atoms with E-state index in [0.29, 0.717) is 25.9 Å². The van der Waals surface area contributed by atoms with Gasteiger partial charge in [0.15, 0.2) is 0 Å². The summed E-state index contributed by atoms with van der Waals surface area (Å²) in [4.78, 5) is 27.3. The summed E-state index contributed by atoms with van der Waals surface area (Å²) in [5.41, 5.74) is 0.922. The van der Waals surface area contributed by atoms with Crippen LogP contribution in [0.2, 0.25) is 0 Å². The van der Waals surface area contributed by atoms with Crippen LogP contribution in [0.25, 0.3) is 0 Å². The van der Waals surface area contributed by atoms with Gasteiger partial charge in [-0.05, 0) is 25.3 Å². The van der Waals surface area contributed by atoms with Gasteiger partial charge >= 0.3 is 0 Å².